The molecule has 1 heterocycles. The number of hydrogen-bond donors (Lipinski definition) is 1. The molecule has 3 aromatic rings. The van der Waals surface area contributed by atoms with Crippen molar-refractivity contribution in [1.82, 2.24) is 0 Å². The molecule has 0 fully saturated rings. The lowest BCUT2D eigenvalue weighted by atomic mass is 10.1. The first kappa shape index (κ1) is 16.3. The summed E-state index contributed by atoms with van der Waals surface area (Å²) >= 11 is 3.36. The molecule has 0 unspecified atom stereocenters. The zero-order valence-corrected chi connectivity index (χ0v) is 14.6. The van der Waals surface area contributed by atoms with Gasteiger partial charge in [-0.05, 0) is 37.3 Å². The highest BCUT2D eigenvalue weighted by atomic mass is 79.9. The summed E-state index contributed by atoms with van der Waals surface area (Å²) in [5.74, 6) is -0.101. The Morgan fingerprint density at radius 2 is 1.88 bits per heavy atom. The highest BCUT2D eigenvalue weighted by Crippen LogP contribution is 2.29. The molecule has 0 atom stereocenters. The second-order valence-electron chi connectivity index (χ2n) is 5.29. The van der Waals surface area contributed by atoms with Crippen molar-refractivity contribution in [3.05, 3.63) is 68.5 Å². The van der Waals surface area contributed by atoms with Crippen LogP contribution in [0.2, 0.25) is 0 Å². The van der Waals surface area contributed by atoms with Gasteiger partial charge >= 0.3 is 5.63 Å². The van der Waals surface area contributed by atoms with Gasteiger partial charge in [-0.2, -0.15) is 0 Å². The molecule has 1 aromatic heterocycles. The fourth-order valence-electron chi connectivity index (χ4n) is 2.31. The van der Waals surface area contributed by atoms with Gasteiger partial charge in [-0.15, -0.1) is 0 Å². The zero-order chi connectivity index (χ0) is 17.3. The minimum absolute atomic E-state index is 0.0665. The first-order valence-electron chi connectivity index (χ1n) is 7.17. The first-order chi connectivity index (χ1) is 11.5. The van der Waals surface area contributed by atoms with Crippen molar-refractivity contribution in [2.75, 3.05) is 12.4 Å². The minimum Gasteiger partial charge on any atom is -0.493 e. The minimum atomic E-state index is -0.715. The van der Waals surface area contributed by atoms with E-state index in [2.05, 4.69) is 21.2 Å². The van der Waals surface area contributed by atoms with E-state index < -0.39 is 11.5 Å². The van der Waals surface area contributed by atoms with E-state index in [1.165, 1.54) is 13.2 Å². The molecule has 5 nitrogen and oxygen atoms in total. The molecular weight excluding hydrogens is 374 g/mol. The average Bonchev–Trinajstić information content (AvgIpc) is 2.56. The van der Waals surface area contributed by atoms with Gasteiger partial charge in [0.1, 0.15) is 5.56 Å². The Morgan fingerprint density at radius 1 is 1.17 bits per heavy atom. The van der Waals surface area contributed by atoms with Crippen LogP contribution in [-0.2, 0) is 0 Å². The molecule has 24 heavy (non-hydrogen) atoms. The van der Waals surface area contributed by atoms with E-state index >= 15 is 0 Å². The number of hydrogen-bond acceptors (Lipinski definition) is 4. The summed E-state index contributed by atoms with van der Waals surface area (Å²) in [6.07, 6.45) is 0. The molecule has 0 saturated carbocycles. The van der Waals surface area contributed by atoms with Crippen molar-refractivity contribution >= 4 is 38.5 Å². The molecule has 0 aliphatic rings. The maximum Gasteiger partial charge on any atom is 0.349 e. The van der Waals surface area contributed by atoms with E-state index in [4.69, 9.17) is 9.15 Å². The van der Waals surface area contributed by atoms with Crippen molar-refractivity contribution in [2.24, 2.45) is 0 Å². The van der Waals surface area contributed by atoms with Crippen LogP contribution in [0.5, 0.6) is 5.75 Å². The molecule has 0 bridgehead atoms. The highest BCUT2D eigenvalue weighted by molar-refractivity contribution is 9.10. The van der Waals surface area contributed by atoms with Gasteiger partial charge in [-0.25, -0.2) is 4.79 Å². The van der Waals surface area contributed by atoms with Crippen molar-refractivity contribution in [1.29, 1.82) is 0 Å². The lowest BCUT2D eigenvalue weighted by Crippen LogP contribution is -2.20. The molecule has 2 aromatic carbocycles. The predicted octanol–water partition coefficient (Wildman–Crippen LogP) is 4.12. The number of carbonyl (C=O) groups excluding carboxylic acids is 1. The molecule has 0 spiro atoms. The molecule has 0 aliphatic heterocycles. The van der Waals surface area contributed by atoms with Crippen LogP contribution >= 0.6 is 15.9 Å². The van der Waals surface area contributed by atoms with E-state index in [0.717, 1.165) is 10.0 Å². The van der Waals surface area contributed by atoms with Crippen LogP contribution < -0.4 is 15.7 Å². The number of benzene rings is 2. The Hall–Kier alpha value is -2.60. The van der Waals surface area contributed by atoms with Gasteiger partial charge in [-0.1, -0.05) is 33.6 Å². The summed E-state index contributed by atoms with van der Waals surface area (Å²) in [7, 11) is 1.49. The Labute approximate surface area is 146 Å². The molecule has 0 radical (unpaired) electrons. The largest absolute Gasteiger partial charge is 0.493 e. The smallest absolute Gasteiger partial charge is 0.349 e. The summed E-state index contributed by atoms with van der Waals surface area (Å²) in [5.41, 5.74) is 1.21. The lowest BCUT2D eigenvalue weighted by Gasteiger charge is -2.08. The predicted molar refractivity (Wildman–Crippen MR) is 95.9 cm³/mol. The molecule has 6 heteroatoms. The number of fused-ring (bicyclic) bond motifs is 1. The summed E-state index contributed by atoms with van der Waals surface area (Å²) < 4.78 is 11.2. The van der Waals surface area contributed by atoms with Gasteiger partial charge in [0.2, 0.25) is 0 Å². The maximum absolute atomic E-state index is 12.4. The Morgan fingerprint density at radius 3 is 2.54 bits per heavy atom. The third-order valence-electron chi connectivity index (χ3n) is 3.54. The second-order valence-corrected chi connectivity index (χ2v) is 6.21. The van der Waals surface area contributed by atoms with E-state index in [1.54, 1.807) is 24.3 Å². The number of aryl methyl sites for hydroxylation is 1. The van der Waals surface area contributed by atoms with Crippen LogP contribution in [-0.4, -0.2) is 13.0 Å². The van der Waals surface area contributed by atoms with Crippen LogP contribution in [0.4, 0.5) is 5.69 Å². The number of carbonyl (C=O) groups is 1. The van der Waals surface area contributed by atoms with Gasteiger partial charge < -0.3 is 14.5 Å². The van der Waals surface area contributed by atoms with E-state index in [9.17, 15) is 9.59 Å². The molecule has 0 aliphatic carbocycles. The van der Waals surface area contributed by atoms with Crippen LogP contribution in [0.15, 0.2) is 56.1 Å². The SMILES string of the molecule is COc1cc(Br)cc2cc(C(=O)Nc3ccc(C)cc3)c(=O)oc12. The fraction of sp³-hybridized carbons (Fsp3) is 0.111. The Bertz CT molecular complexity index is 977. The molecule has 0 saturated heterocycles. The number of rotatable bonds is 3. The average molecular weight is 388 g/mol. The molecular formula is C18H14BrNO4. The highest BCUT2D eigenvalue weighted by Gasteiger charge is 2.16. The Kier molecular flexibility index (Phi) is 4.40. The second kappa shape index (κ2) is 6.49. The van der Waals surface area contributed by atoms with Crippen LogP contribution in [0.3, 0.4) is 0 Å². The van der Waals surface area contributed by atoms with Gasteiger partial charge in [0, 0.05) is 15.5 Å². The number of anilines is 1. The topological polar surface area (TPSA) is 68.5 Å². The fourth-order valence-corrected chi connectivity index (χ4v) is 2.77. The summed E-state index contributed by atoms with van der Waals surface area (Å²) in [5, 5.41) is 3.28. The number of nitrogens with one attached hydrogen (secondary N) is 1. The molecule has 1 N–H and O–H groups in total. The maximum atomic E-state index is 12.4. The van der Waals surface area contributed by atoms with E-state index in [-0.39, 0.29) is 5.56 Å². The lowest BCUT2D eigenvalue weighted by molar-refractivity contribution is 0.102. The summed E-state index contributed by atoms with van der Waals surface area (Å²) in [6.45, 7) is 1.95. The van der Waals surface area contributed by atoms with E-state index in [1.807, 2.05) is 19.1 Å². The number of amides is 1. The van der Waals surface area contributed by atoms with Crippen LogP contribution in [0.25, 0.3) is 11.0 Å². The number of halogens is 1. The summed E-state index contributed by atoms with van der Waals surface area (Å²) in [6, 6.07) is 12.2. The van der Waals surface area contributed by atoms with Crippen molar-refractivity contribution < 1.29 is 13.9 Å². The van der Waals surface area contributed by atoms with Crippen molar-refractivity contribution in [3.8, 4) is 5.75 Å². The molecule has 122 valence electrons. The number of ether oxygens (including phenoxy) is 1. The van der Waals surface area contributed by atoms with Gasteiger partial charge in [0.05, 0.1) is 7.11 Å². The molecule has 1 amide bonds. The standard InChI is InChI=1S/C18H14BrNO4/c1-10-3-5-13(6-4-10)20-17(21)14-8-11-7-12(19)9-15(23-2)16(11)24-18(14)22/h3-9H,1-2H3,(H,20,21). The third-order valence-corrected chi connectivity index (χ3v) is 3.99. The van der Waals surface area contributed by atoms with Gasteiger partial charge in [0.25, 0.3) is 5.91 Å². The zero-order valence-electron chi connectivity index (χ0n) is 13.1. The van der Waals surface area contributed by atoms with Crippen molar-refractivity contribution in [2.45, 2.75) is 6.92 Å². The summed E-state index contributed by atoms with van der Waals surface area (Å²) in [4.78, 5) is 24.6. The molecule has 3 rings (SSSR count). The number of methoxy groups -OCH3 is 1. The van der Waals surface area contributed by atoms with Crippen LogP contribution in [0.1, 0.15) is 15.9 Å². The van der Waals surface area contributed by atoms with Crippen LogP contribution in [0, 0.1) is 6.92 Å². The third kappa shape index (κ3) is 3.19. The van der Waals surface area contributed by atoms with E-state index in [0.29, 0.717) is 22.4 Å². The quantitative estimate of drug-likeness (QED) is 0.686. The van der Waals surface area contributed by atoms with Gasteiger partial charge in [0.15, 0.2) is 11.3 Å². The Balaban J connectivity index is 2.02. The first-order valence-corrected chi connectivity index (χ1v) is 7.96. The van der Waals surface area contributed by atoms with Gasteiger partial charge in [-0.3, -0.25) is 4.79 Å². The van der Waals surface area contributed by atoms with Crippen molar-refractivity contribution in [3.63, 3.8) is 0 Å². The normalized spacial score (nSPS) is 10.6. The monoisotopic (exact) mass is 387 g/mol.